The van der Waals surface area contributed by atoms with Crippen molar-refractivity contribution in [3.63, 3.8) is 0 Å². The van der Waals surface area contributed by atoms with Crippen molar-refractivity contribution in [2.24, 2.45) is 0 Å². The van der Waals surface area contributed by atoms with Crippen LogP contribution in [0, 0.1) is 10.1 Å². The van der Waals surface area contributed by atoms with E-state index in [-0.39, 0.29) is 11.3 Å². The molecule has 1 aromatic heterocycles. The molecular weight excluding hydrogens is 340 g/mol. The Hall–Kier alpha value is -2.48. The van der Waals surface area contributed by atoms with Gasteiger partial charge in [0, 0.05) is 35.5 Å². The van der Waals surface area contributed by atoms with Gasteiger partial charge >= 0.3 is 0 Å². The van der Waals surface area contributed by atoms with Gasteiger partial charge in [0.05, 0.1) is 10.5 Å². The highest BCUT2D eigenvalue weighted by atomic mass is 79.9. The maximum Gasteiger partial charge on any atom is 0.270 e. The number of carbonyl (C=O) groups is 1. The lowest BCUT2D eigenvalue weighted by Crippen LogP contribution is -2.15. The van der Waals surface area contributed by atoms with E-state index < -0.39 is 10.8 Å². The van der Waals surface area contributed by atoms with Crippen LogP contribution in [0.1, 0.15) is 10.4 Å². The number of nitro groups is 1. The Bertz CT molecular complexity index is 688. The summed E-state index contributed by atoms with van der Waals surface area (Å²) < 4.78 is 0.784. The van der Waals surface area contributed by atoms with E-state index in [1.165, 1.54) is 18.2 Å². The van der Waals surface area contributed by atoms with Crippen molar-refractivity contribution in [1.82, 2.24) is 4.98 Å². The second-order valence-corrected chi connectivity index (χ2v) is 4.97. The van der Waals surface area contributed by atoms with Crippen LogP contribution in [-0.2, 0) is 0 Å². The molecule has 0 radical (unpaired) electrons. The molecule has 0 atom stereocenters. The number of amides is 1. The van der Waals surface area contributed by atoms with Crippen molar-refractivity contribution in [2.45, 2.75) is 0 Å². The van der Waals surface area contributed by atoms with Crippen LogP contribution in [0.2, 0.25) is 0 Å². The third-order valence-corrected chi connectivity index (χ3v) is 3.17. The molecule has 0 aliphatic heterocycles. The normalized spacial score (nSPS) is 10.0. The third-order valence-electron chi connectivity index (χ3n) is 2.70. The summed E-state index contributed by atoms with van der Waals surface area (Å²) in [5.74, 6) is -0.116. The average molecular weight is 351 g/mol. The number of nitrogens with zero attached hydrogens (tertiary/aromatic N) is 2. The van der Waals surface area contributed by atoms with Crippen LogP contribution in [-0.4, -0.2) is 22.9 Å². The molecule has 0 fully saturated rings. The standard InChI is InChI=1S/C13H11BrN4O3/c1-15-11-4-3-9(18(20)21)6-10(11)13(19)17-12-5-2-8(14)7-16-12/h2-7,15H,1H3,(H,16,17,19). The fourth-order valence-electron chi connectivity index (χ4n) is 1.69. The Morgan fingerprint density at radius 2 is 2.10 bits per heavy atom. The van der Waals surface area contributed by atoms with Gasteiger partial charge in [-0.25, -0.2) is 4.98 Å². The zero-order valence-electron chi connectivity index (χ0n) is 11.0. The molecule has 0 saturated heterocycles. The lowest BCUT2D eigenvalue weighted by Gasteiger charge is -2.09. The van der Waals surface area contributed by atoms with Gasteiger partial charge < -0.3 is 10.6 Å². The van der Waals surface area contributed by atoms with Crippen molar-refractivity contribution >= 4 is 39.0 Å². The van der Waals surface area contributed by atoms with E-state index in [0.717, 1.165) is 4.47 Å². The first-order valence-corrected chi connectivity index (χ1v) is 6.69. The molecule has 21 heavy (non-hydrogen) atoms. The van der Waals surface area contributed by atoms with Crippen LogP contribution in [0.25, 0.3) is 0 Å². The number of nitrogens with one attached hydrogen (secondary N) is 2. The minimum absolute atomic E-state index is 0.150. The molecule has 0 aliphatic carbocycles. The number of halogens is 1. The molecule has 1 aromatic carbocycles. The zero-order chi connectivity index (χ0) is 15.4. The van der Waals surface area contributed by atoms with Gasteiger partial charge in [-0.15, -0.1) is 0 Å². The highest BCUT2D eigenvalue weighted by Gasteiger charge is 2.16. The second-order valence-electron chi connectivity index (χ2n) is 4.05. The summed E-state index contributed by atoms with van der Waals surface area (Å²) in [7, 11) is 1.63. The van der Waals surface area contributed by atoms with Gasteiger partial charge in [-0.1, -0.05) is 0 Å². The largest absolute Gasteiger partial charge is 0.387 e. The van der Waals surface area contributed by atoms with Crippen molar-refractivity contribution < 1.29 is 9.72 Å². The summed E-state index contributed by atoms with van der Waals surface area (Å²) in [6, 6.07) is 7.40. The first-order valence-electron chi connectivity index (χ1n) is 5.90. The van der Waals surface area contributed by atoms with Crippen LogP contribution in [0.15, 0.2) is 41.0 Å². The summed E-state index contributed by atoms with van der Waals surface area (Å²) in [6.45, 7) is 0. The molecule has 0 aliphatic rings. The van der Waals surface area contributed by atoms with Gasteiger partial charge in [0.25, 0.3) is 11.6 Å². The average Bonchev–Trinajstić information content (AvgIpc) is 2.48. The van der Waals surface area contributed by atoms with E-state index in [1.807, 2.05) is 0 Å². The SMILES string of the molecule is CNc1ccc([N+](=O)[O-])cc1C(=O)Nc1ccc(Br)cn1. The van der Waals surface area contributed by atoms with Gasteiger partial charge in [0.1, 0.15) is 5.82 Å². The maximum atomic E-state index is 12.2. The number of hydrogen-bond donors (Lipinski definition) is 2. The zero-order valence-corrected chi connectivity index (χ0v) is 12.5. The predicted octanol–water partition coefficient (Wildman–Crippen LogP) is 3.05. The summed E-state index contributed by atoms with van der Waals surface area (Å²) in [5, 5.41) is 16.2. The monoisotopic (exact) mass is 350 g/mol. The number of rotatable bonds is 4. The minimum atomic E-state index is -0.548. The minimum Gasteiger partial charge on any atom is -0.387 e. The van der Waals surface area contributed by atoms with Crippen LogP contribution in [0.4, 0.5) is 17.2 Å². The van der Waals surface area contributed by atoms with E-state index in [2.05, 4.69) is 31.5 Å². The first kappa shape index (κ1) is 14.9. The molecular formula is C13H11BrN4O3. The van der Waals surface area contributed by atoms with E-state index in [1.54, 1.807) is 25.4 Å². The molecule has 0 bridgehead atoms. The molecule has 0 unspecified atom stereocenters. The molecule has 0 spiro atoms. The number of nitro benzene ring substituents is 1. The molecule has 0 saturated carbocycles. The third kappa shape index (κ3) is 3.54. The van der Waals surface area contributed by atoms with Gasteiger partial charge in [-0.2, -0.15) is 0 Å². The Labute approximate surface area is 128 Å². The van der Waals surface area contributed by atoms with E-state index in [4.69, 9.17) is 0 Å². The summed E-state index contributed by atoms with van der Waals surface area (Å²) in [5.41, 5.74) is 0.523. The summed E-state index contributed by atoms with van der Waals surface area (Å²) >= 11 is 3.24. The van der Waals surface area contributed by atoms with Gasteiger partial charge in [-0.05, 0) is 34.1 Å². The Balaban J connectivity index is 2.30. The predicted molar refractivity (Wildman–Crippen MR) is 82.5 cm³/mol. The topological polar surface area (TPSA) is 97.2 Å². The number of aromatic nitrogens is 1. The maximum absolute atomic E-state index is 12.2. The molecule has 2 rings (SSSR count). The van der Waals surface area contributed by atoms with Gasteiger partial charge in [0.15, 0.2) is 0 Å². The van der Waals surface area contributed by atoms with E-state index >= 15 is 0 Å². The van der Waals surface area contributed by atoms with Crippen molar-refractivity contribution in [3.8, 4) is 0 Å². The molecule has 7 nitrogen and oxygen atoms in total. The fourth-order valence-corrected chi connectivity index (χ4v) is 1.92. The number of hydrogen-bond acceptors (Lipinski definition) is 5. The molecule has 1 heterocycles. The summed E-state index contributed by atoms with van der Waals surface area (Å²) in [6.07, 6.45) is 1.54. The fraction of sp³-hybridized carbons (Fsp3) is 0.0769. The lowest BCUT2D eigenvalue weighted by atomic mass is 10.1. The van der Waals surface area contributed by atoms with Crippen molar-refractivity contribution in [3.05, 3.63) is 56.7 Å². The van der Waals surface area contributed by atoms with Crippen LogP contribution < -0.4 is 10.6 Å². The summed E-state index contributed by atoms with van der Waals surface area (Å²) in [4.78, 5) is 26.5. The number of carbonyl (C=O) groups excluding carboxylic acids is 1. The quantitative estimate of drug-likeness (QED) is 0.652. The second kappa shape index (κ2) is 6.31. The molecule has 2 aromatic rings. The lowest BCUT2D eigenvalue weighted by molar-refractivity contribution is -0.384. The van der Waals surface area contributed by atoms with Crippen molar-refractivity contribution in [2.75, 3.05) is 17.7 Å². The Morgan fingerprint density at radius 1 is 1.33 bits per heavy atom. The van der Waals surface area contributed by atoms with E-state index in [9.17, 15) is 14.9 Å². The number of non-ortho nitro benzene ring substituents is 1. The molecule has 108 valence electrons. The Kier molecular flexibility index (Phi) is 4.49. The smallest absolute Gasteiger partial charge is 0.270 e. The number of anilines is 2. The van der Waals surface area contributed by atoms with Crippen LogP contribution in [0.3, 0.4) is 0 Å². The molecule has 2 N–H and O–H groups in total. The Morgan fingerprint density at radius 3 is 2.67 bits per heavy atom. The van der Waals surface area contributed by atoms with Gasteiger partial charge in [0.2, 0.25) is 0 Å². The van der Waals surface area contributed by atoms with E-state index in [0.29, 0.717) is 11.5 Å². The van der Waals surface area contributed by atoms with Crippen molar-refractivity contribution in [1.29, 1.82) is 0 Å². The molecule has 1 amide bonds. The molecule has 8 heteroatoms. The van der Waals surface area contributed by atoms with Gasteiger partial charge in [-0.3, -0.25) is 14.9 Å². The van der Waals surface area contributed by atoms with Crippen LogP contribution >= 0.6 is 15.9 Å². The van der Waals surface area contributed by atoms with Crippen LogP contribution in [0.5, 0.6) is 0 Å². The number of benzene rings is 1. The first-order chi connectivity index (χ1) is 10.0. The highest BCUT2D eigenvalue weighted by Crippen LogP contribution is 2.23. The number of pyridine rings is 1. The highest BCUT2D eigenvalue weighted by molar-refractivity contribution is 9.10.